The second-order valence-electron chi connectivity index (χ2n) is 3.75. The topological polar surface area (TPSA) is 26.0 Å². The van der Waals surface area contributed by atoms with Crippen LogP contribution in [0.1, 0.15) is 25.3 Å². The summed E-state index contributed by atoms with van der Waals surface area (Å²) in [5.41, 5.74) is 2.31. The molecule has 15 heavy (non-hydrogen) atoms. The van der Waals surface area contributed by atoms with E-state index >= 15 is 0 Å². The minimum absolute atomic E-state index is 0.179. The van der Waals surface area contributed by atoms with Gasteiger partial charge in [0.1, 0.15) is 0 Å². The van der Waals surface area contributed by atoms with Crippen molar-refractivity contribution in [2.75, 3.05) is 0 Å². The summed E-state index contributed by atoms with van der Waals surface area (Å²) >= 11 is 5.61. The first-order valence-electron chi connectivity index (χ1n) is 4.88. The first-order valence-corrected chi connectivity index (χ1v) is 5.26. The van der Waals surface area contributed by atoms with Gasteiger partial charge in [-0.05, 0) is 23.1 Å². The van der Waals surface area contributed by atoms with Gasteiger partial charge in [-0.1, -0.05) is 38.1 Å². The van der Waals surface area contributed by atoms with Crippen molar-refractivity contribution in [2.24, 2.45) is 0 Å². The number of hydrogen-bond acceptors (Lipinski definition) is 2. The van der Waals surface area contributed by atoms with Crippen molar-refractivity contribution >= 4 is 11.6 Å². The Morgan fingerprint density at radius 2 is 1.87 bits per heavy atom. The second-order valence-corrected chi connectivity index (χ2v) is 4.08. The highest BCUT2D eigenvalue weighted by atomic mass is 35.5. The highest BCUT2D eigenvalue weighted by molar-refractivity contribution is 6.27. The van der Waals surface area contributed by atoms with Gasteiger partial charge in [-0.3, -0.25) is 0 Å². The molecular formula is C12H12ClNO. The largest absolute Gasteiger partial charge is 0.428 e. The highest BCUT2D eigenvalue weighted by Crippen LogP contribution is 2.24. The maximum atomic E-state index is 5.61. The molecule has 0 unspecified atom stereocenters. The molecule has 0 amide bonds. The predicted molar refractivity (Wildman–Crippen MR) is 61.0 cm³/mol. The Kier molecular flexibility index (Phi) is 2.78. The SMILES string of the molecule is CC(C)c1ccc(-c2cnc(Cl)o2)cc1. The molecule has 0 fully saturated rings. The van der Waals surface area contributed by atoms with E-state index in [4.69, 9.17) is 16.0 Å². The van der Waals surface area contributed by atoms with Gasteiger partial charge in [-0.15, -0.1) is 0 Å². The van der Waals surface area contributed by atoms with Crippen molar-refractivity contribution in [1.82, 2.24) is 4.98 Å². The highest BCUT2D eigenvalue weighted by Gasteiger charge is 2.05. The van der Waals surface area contributed by atoms with E-state index in [9.17, 15) is 0 Å². The van der Waals surface area contributed by atoms with Crippen molar-refractivity contribution in [3.05, 3.63) is 41.4 Å². The summed E-state index contributed by atoms with van der Waals surface area (Å²) in [4.78, 5) is 3.85. The number of rotatable bonds is 2. The number of nitrogens with zero attached hydrogens (tertiary/aromatic N) is 1. The monoisotopic (exact) mass is 221 g/mol. The zero-order chi connectivity index (χ0) is 10.8. The molecule has 0 spiro atoms. The maximum absolute atomic E-state index is 5.61. The number of aromatic nitrogens is 1. The molecule has 0 bridgehead atoms. The van der Waals surface area contributed by atoms with Crippen LogP contribution in [0.3, 0.4) is 0 Å². The lowest BCUT2D eigenvalue weighted by atomic mass is 10.0. The van der Waals surface area contributed by atoms with Gasteiger partial charge < -0.3 is 4.42 Å². The second kappa shape index (κ2) is 4.07. The molecule has 2 aromatic rings. The normalized spacial score (nSPS) is 10.9. The molecule has 1 aromatic carbocycles. The predicted octanol–water partition coefficient (Wildman–Crippen LogP) is 4.12. The maximum Gasteiger partial charge on any atom is 0.292 e. The van der Waals surface area contributed by atoms with Crippen molar-refractivity contribution in [1.29, 1.82) is 0 Å². The molecule has 3 heteroatoms. The van der Waals surface area contributed by atoms with Crippen LogP contribution in [0.25, 0.3) is 11.3 Å². The quantitative estimate of drug-likeness (QED) is 0.763. The molecule has 1 heterocycles. The van der Waals surface area contributed by atoms with Crippen LogP contribution in [-0.2, 0) is 0 Å². The van der Waals surface area contributed by atoms with E-state index in [0.29, 0.717) is 11.7 Å². The van der Waals surface area contributed by atoms with E-state index in [2.05, 4.69) is 31.0 Å². The number of oxazole rings is 1. The molecule has 2 nitrogen and oxygen atoms in total. The number of hydrogen-bond donors (Lipinski definition) is 0. The van der Waals surface area contributed by atoms with Crippen molar-refractivity contribution in [3.8, 4) is 11.3 Å². The lowest BCUT2D eigenvalue weighted by Gasteiger charge is -2.04. The number of halogens is 1. The number of benzene rings is 1. The molecule has 0 atom stereocenters. The average molecular weight is 222 g/mol. The van der Waals surface area contributed by atoms with Gasteiger partial charge in [0.2, 0.25) is 0 Å². The Labute approximate surface area is 93.9 Å². The van der Waals surface area contributed by atoms with Crippen molar-refractivity contribution < 1.29 is 4.42 Å². The van der Waals surface area contributed by atoms with Gasteiger partial charge in [0.25, 0.3) is 5.35 Å². The molecular weight excluding hydrogens is 210 g/mol. The molecule has 0 N–H and O–H groups in total. The summed E-state index contributed by atoms with van der Waals surface area (Å²) in [5.74, 6) is 1.24. The Morgan fingerprint density at radius 3 is 2.33 bits per heavy atom. The molecule has 1 aromatic heterocycles. The lowest BCUT2D eigenvalue weighted by molar-refractivity contribution is 0.574. The molecule has 0 aliphatic carbocycles. The molecule has 2 rings (SSSR count). The van der Waals surface area contributed by atoms with E-state index in [1.165, 1.54) is 5.56 Å². The molecule has 0 saturated heterocycles. The van der Waals surface area contributed by atoms with Gasteiger partial charge in [0.15, 0.2) is 5.76 Å². The fourth-order valence-electron chi connectivity index (χ4n) is 1.42. The standard InChI is InChI=1S/C12H12ClNO/c1-8(2)9-3-5-10(6-4-9)11-7-14-12(13)15-11/h3-8H,1-2H3. The van der Waals surface area contributed by atoms with Crippen LogP contribution in [0, 0.1) is 0 Å². The Hall–Kier alpha value is -1.28. The summed E-state index contributed by atoms with van der Waals surface area (Å²) in [6.45, 7) is 4.33. The van der Waals surface area contributed by atoms with Crippen LogP contribution in [0.4, 0.5) is 0 Å². The molecule has 0 aliphatic rings. The molecule has 78 valence electrons. The molecule has 0 radical (unpaired) electrons. The Balaban J connectivity index is 2.31. The third kappa shape index (κ3) is 2.21. The van der Waals surface area contributed by atoms with E-state index in [1.54, 1.807) is 6.20 Å². The molecule has 0 saturated carbocycles. The fraction of sp³-hybridized carbons (Fsp3) is 0.250. The third-order valence-electron chi connectivity index (χ3n) is 2.34. The van der Waals surface area contributed by atoms with Crippen LogP contribution < -0.4 is 0 Å². The Morgan fingerprint density at radius 1 is 1.20 bits per heavy atom. The summed E-state index contributed by atoms with van der Waals surface area (Å²) in [6.07, 6.45) is 1.63. The van der Waals surface area contributed by atoms with E-state index in [0.717, 1.165) is 5.56 Å². The summed E-state index contributed by atoms with van der Waals surface area (Å²) in [6, 6.07) is 8.23. The third-order valence-corrected chi connectivity index (χ3v) is 2.51. The van der Waals surface area contributed by atoms with Gasteiger partial charge in [-0.25, -0.2) is 4.98 Å². The van der Waals surface area contributed by atoms with Crippen molar-refractivity contribution in [2.45, 2.75) is 19.8 Å². The van der Waals surface area contributed by atoms with Crippen LogP contribution in [0.5, 0.6) is 0 Å². The van der Waals surface area contributed by atoms with Crippen LogP contribution in [0.15, 0.2) is 34.9 Å². The van der Waals surface area contributed by atoms with Crippen LogP contribution >= 0.6 is 11.6 Å². The minimum atomic E-state index is 0.179. The van der Waals surface area contributed by atoms with Crippen LogP contribution in [0.2, 0.25) is 5.35 Å². The Bertz CT molecular complexity index is 445. The van der Waals surface area contributed by atoms with E-state index in [1.807, 2.05) is 12.1 Å². The fourth-order valence-corrected chi connectivity index (χ4v) is 1.55. The van der Waals surface area contributed by atoms with E-state index in [-0.39, 0.29) is 5.35 Å². The van der Waals surface area contributed by atoms with Gasteiger partial charge in [-0.2, -0.15) is 0 Å². The van der Waals surface area contributed by atoms with Crippen LogP contribution in [-0.4, -0.2) is 4.98 Å². The zero-order valence-electron chi connectivity index (χ0n) is 8.70. The average Bonchev–Trinajstić information content (AvgIpc) is 2.65. The smallest absolute Gasteiger partial charge is 0.292 e. The first kappa shape index (κ1) is 10.2. The summed E-state index contributed by atoms with van der Waals surface area (Å²) < 4.78 is 5.22. The van der Waals surface area contributed by atoms with E-state index < -0.39 is 0 Å². The summed E-state index contributed by atoms with van der Waals surface area (Å²) in [5, 5.41) is 0.179. The van der Waals surface area contributed by atoms with Gasteiger partial charge >= 0.3 is 0 Å². The van der Waals surface area contributed by atoms with Gasteiger partial charge in [0, 0.05) is 5.56 Å². The first-order chi connectivity index (χ1) is 7.16. The summed E-state index contributed by atoms with van der Waals surface area (Å²) in [7, 11) is 0. The molecule has 0 aliphatic heterocycles. The minimum Gasteiger partial charge on any atom is -0.428 e. The van der Waals surface area contributed by atoms with Crippen molar-refractivity contribution in [3.63, 3.8) is 0 Å². The van der Waals surface area contributed by atoms with Gasteiger partial charge in [0.05, 0.1) is 6.20 Å². The lowest BCUT2D eigenvalue weighted by Crippen LogP contribution is -1.85. The zero-order valence-corrected chi connectivity index (χ0v) is 9.45.